The number of aliphatic hydroxyl groups is 1. The summed E-state index contributed by atoms with van der Waals surface area (Å²) in [6.45, 7) is 0.994. The molecule has 7 nitrogen and oxygen atoms in total. The van der Waals surface area contributed by atoms with Crippen LogP contribution in [0.4, 0.5) is 0 Å². The molecule has 33 heavy (non-hydrogen) atoms. The van der Waals surface area contributed by atoms with E-state index in [0.29, 0.717) is 52.0 Å². The van der Waals surface area contributed by atoms with Gasteiger partial charge >= 0.3 is 0 Å². The lowest BCUT2D eigenvalue weighted by molar-refractivity contribution is 0.186. The maximum Gasteiger partial charge on any atom is 0.275 e. The molecule has 0 saturated carbocycles. The monoisotopic (exact) mass is 483 g/mol. The van der Waals surface area contributed by atoms with Crippen LogP contribution in [0.2, 0.25) is 5.02 Å². The minimum Gasteiger partial charge on any atom is -0.493 e. The van der Waals surface area contributed by atoms with Gasteiger partial charge in [0.1, 0.15) is 17.6 Å². The predicted molar refractivity (Wildman–Crippen MR) is 130 cm³/mol. The van der Waals surface area contributed by atoms with Crippen molar-refractivity contribution in [3.05, 3.63) is 70.2 Å². The number of hydrogen-bond acceptors (Lipinski definition) is 7. The normalized spacial score (nSPS) is 18.0. The highest BCUT2D eigenvalue weighted by Gasteiger charge is 2.23. The molecular formula is C24H22ClN3O4S. The number of fused-ring (bicyclic) bond motifs is 1. The van der Waals surface area contributed by atoms with Crippen LogP contribution in [0.25, 0.3) is 26.3 Å². The van der Waals surface area contributed by atoms with Gasteiger partial charge in [-0.1, -0.05) is 23.7 Å². The van der Waals surface area contributed by atoms with Gasteiger partial charge in [0.15, 0.2) is 11.5 Å². The van der Waals surface area contributed by atoms with Gasteiger partial charge in [-0.15, -0.1) is 11.3 Å². The SMILES string of the molecule is COc1cc(-n2cnc3cc(-c4ccc(Cl)cc4)sc3c2=O)ccc1OC[C@@H]1C[C@@H](O)CN1. The van der Waals surface area contributed by atoms with E-state index in [0.717, 1.165) is 10.4 Å². The fourth-order valence-electron chi connectivity index (χ4n) is 3.89. The number of methoxy groups -OCH3 is 1. The molecule has 5 rings (SSSR count). The third-order valence-corrected chi connectivity index (χ3v) is 7.04. The Hall–Kier alpha value is -2.91. The summed E-state index contributed by atoms with van der Waals surface area (Å²) in [5, 5.41) is 13.5. The lowest BCUT2D eigenvalue weighted by atomic mass is 10.2. The Kier molecular flexibility index (Phi) is 6.07. The van der Waals surface area contributed by atoms with Crippen molar-refractivity contribution >= 4 is 33.2 Å². The van der Waals surface area contributed by atoms with Crippen LogP contribution in [-0.2, 0) is 0 Å². The zero-order valence-corrected chi connectivity index (χ0v) is 19.4. The fraction of sp³-hybridized carbons (Fsp3) is 0.250. The predicted octanol–water partition coefficient (Wildman–Crippen LogP) is 3.88. The van der Waals surface area contributed by atoms with E-state index in [1.807, 2.05) is 30.3 Å². The zero-order valence-electron chi connectivity index (χ0n) is 17.8. The molecule has 0 spiro atoms. The van der Waals surface area contributed by atoms with Crippen LogP contribution in [0, 0.1) is 0 Å². The molecule has 0 bridgehead atoms. The molecule has 3 heterocycles. The standard InChI is InChI=1S/C24H22ClN3O4S/c1-31-21-9-17(6-7-20(21)32-12-16-8-18(29)11-26-16)28-13-27-19-10-22(33-23(19)24(28)30)14-2-4-15(25)5-3-14/h2-7,9-10,13,16,18,26,29H,8,11-12H2,1H3/t16-,18+/m0/s1. The summed E-state index contributed by atoms with van der Waals surface area (Å²) in [5.41, 5.74) is 2.13. The smallest absolute Gasteiger partial charge is 0.275 e. The van der Waals surface area contributed by atoms with Gasteiger partial charge < -0.3 is 19.9 Å². The average Bonchev–Trinajstić information content (AvgIpc) is 3.45. The number of β-amino-alcohol motifs (C(OH)–C–C–N with tert-alkyl or cyclic N) is 1. The lowest BCUT2D eigenvalue weighted by Gasteiger charge is -2.15. The first-order chi connectivity index (χ1) is 16.0. The summed E-state index contributed by atoms with van der Waals surface area (Å²) < 4.78 is 13.5. The maximum atomic E-state index is 13.3. The molecule has 0 aliphatic carbocycles. The Morgan fingerprint density at radius 2 is 2.03 bits per heavy atom. The Morgan fingerprint density at radius 3 is 2.76 bits per heavy atom. The minimum atomic E-state index is -0.338. The van der Waals surface area contributed by atoms with Gasteiger partial charge in [0.2, 0.25) is 0 Å². The third kappa shape index (κ3) is 4.47. The molecule has 0 radical (unpaired) electrons. The van der Waals surface area contributed by atoms with E-state index in [2.05, 4.69) is 10.3 Å². The Labute approximate surface area is 199 Å². The number of halogens is 1. The van der Waals surface area contributed by atoms with Gasteiger partial charge in [0.05, 0.1) is 24.4 Å². The van der Waals surface area contributed by atoms with E-state index in [9.17, 15) is 9.90 Å². The number of nitrogens with one attached hydrogen (secondary N) is 1. The number of aliphatic hydroxyl groups excluding tert-OH is 1. The molecular weight excluding hydrogens is 462 g/mol. The van der Waals surface area contributed by atoms with Gasteiger partial charge in [-0.05, 0) is 42.3 Å². The number of nitrogens with zero attached hydrogens (tertiary/aromatic N) is 2. The summed E-state index contributed by atoms with van der Waals surface area (Å²) in [5.74, 6) is 1.10. The van der Waals surface area contributed by atoms with E-state index in [4.69, 9.17) is 21.1 Å². The summed E-state index contributed by atoms with van der Waals surface area (Å²) >= 11 is 7.40. The molecule has 1 aliphatic rings. The molecule has 1 aliphatic heterocycles. The number of benzene rings is 2. The molecule has 1 saturated heterocycles. The highest BCUT2D eigenvalue weighted by atomic mass is 35.5. The van der Waals surface area contributed by atoms with Crippen LogP contribution in [0.3, 0.4) is 0 Å². The second-order valence-electron chi connectivity index (χ2n) is 7.89. The summed E-state index contributed by atoms with van der Waals surface area (Å²) in [6, 6.07) is 14.9. The first kappa shape index (κ1) is 21.9. The zero-order chi connectivity index (χ0) is 22.9. The maximum absolute atomic E-state index is 13.3. The number of aromatic nitrogens is 2. The molecule has 0 amide bonds. The highest BCUT2D eigenvalue weighted by molar-refractivity contribution is 7.22. The molecule has 2 atom stereocenters. The molecule has 1 fully saturated rings. The van der Waals surface area contributed by atoms with Gasteiger partial charge in [0.25, 0.3) is 5.56 Å². The van der Waals surface area contributed by atoms with Crippen molar-refractivity contribution in [1.29, 1.82) is 0 Å². The van der Waals surface area contributed by atoms with E-state index in [-0.39, 0.29) is 17.7 Å². The van der Waals surface area contributed by atoms with E-state index in [1.165, 1.54) is 22.2 Å². The Morgan fingerprint density at radius 1 is 1.21 bits per heavy atom. The Balaban J connectivity index is 1.43. The van der Waals surface area contributed by atoms with Crippen LogP contribution >= 0.6 is 22.9 Å². The quantitative estimate of drug-likeness (QED) is 0.433. The van der Waals surface area contributed by atoms with Crippen molar-refractivity contribution in [2.24, 2.45) is 0 Å². The first-order valence-electron chi connectivity index (χ1n) is 10.5. The van der Waals surface area contributed by atoms with Crippen LogP contribution < -0.4 is 20.3 Å². The van der Waals surface area contributed by atoms with E-state index >= 15 is 0 Å². The van der Waals surface area contributed by atoms with Gasteiger partial charge in [-0.2, -0.15) is 0 Å². The van der Waals surface area contributed by atoms with Gasteiger partial charge in [0, 0.05) is 28.6 Å². The molecule has 0 unspecified atom stereocenters. The number of ether oxygens (including phenoxy) is 2. The van der Waals surface area contributed by atoms with E-state index in [1.54, 1.807) is 25.3 Å². The van der Waals surface area contributed by atoms with Crippen molar-refractivity contribution < 1.29 is 14.6 Å². The number of thiophene rings is 1. The second kappa shape index (κ2) is 9.15. The largest absolute Gasteiger partial charge is 0.493 e. The molecule has 170 valence electrons. The molecule has 9 heteroatoms. The molecule has 2 N–H and O–H groups in total. The highest BCUT2D eigenvalue weighted by Crippen LogP contribution is 2.33. The first-order valence-corrected chi connectivity index (χ1v) is 11.7. The summed E-state index contributed by atoms with van der Waals surface area (Å²) in [7, 11) is 1.56. The number of hydrogen-bond donors (Lipinski definition) is 2. The van der Waals surface area contributed by atoms with Crippen molar-refractivity contribution in [3.8, 4) is 27.6 Å². The van der Waals surface area contributed by atoms with Crippen molar-refractivity contribution in [1.82, 2.24) is 14.9 Å². The number of rotatable bonds is 6. The Bertz CT molecular complexity index is 1350. The summed E-state index contributed by atoms with van der Waals surface area (Å²) in [4.78, 5) is 18.7. The average molecular weight is 484 g/mol. The third-order valence-electron chi connectivity index (χ3n) is 5.63. The van der Waals surface area contributed by atoms with E-state index < -0.39 is 0 Å². The van der Waals surface area contributed by atoms with Gasteiger partial charge in [-0.3, -0.25) is 9.36 Å². The van der Waals surface area contributed by atoms with Crippen LogP contribution in [0.1, 0.15) is 6.42 Å². The van der Waals surface area contributed by atoms with Crippen LogP contribution in [-0.4, -0.2) is 47.1 Å². The topological polar surface area (TPSA) is 85.6 Å². The van der Waals surface area contributed by atoms with Crippen molar-refractivity contribution in [3.63, 3.8) is 0 Å². The molecule has 2 aromatic carbocycles. The second-order valence-corrected chi connectivity index (χ2v) is 9.38. The molecule has 2 aromatic heterocycles. The van der Waals surface area contributed by atoms with Crippen molar-refractivity contribution in [2.45, 2.75) is 18.6 Å². The lowest BCUT2D eigenvalue weighted by Crippen LogP contribution is -2.28. The van der Waals surface area contributed by atoms with Crippen LogP contribution in [0.5, 0.6) is 11.5 Å². The van der Waals surface area contributed by atoms with Crippen LogP contribution in [0.15, 0.2) is 59.7 Å². The minimum absolute atomic E-state index is 0.0901. The van der Waals surface area contributed by atoms with Crippen molar-refractivity contribution in [2.75, 3.05) is 20.3 Å². The van der Waals surface area contributed by atoms with Gasteiger partial charge in [-0.25, -0.2) is 4.98 Å². The molecule has 4 aromatic rings. The summed E-state index contributed by atoms with van der Waals surface area (Å²) in [6.07, 6.45) is 1.84. The fourth-order valence-corrected chi connectivity index (χ4v) is 5.07.